The van der Waals surface area contributed by atoms with Crippen LogP contribution in [-0.4, -0.2) is 252 Å². The molecule has 132 heavy (non-hydrogen) atoms. The number of guanidine groups is 1. The molecule has 11 fully saturated rings. The van der Waals surface area contributed by atoms with Crippen LogP contribution in [0.25, 0.3) is 0 Å². The van der Waals surface area contributed by atoms with Crippen molar-refractivity contribution in [2.24, 2.45) is 38.3 Å². The standard InChI is InChI=1S/C22H28F2N4O2.C22H27F2N3O3.C22H27F2N3O2S.C18H21BrN2O3.C4H7F2N.C4H10O2.CH4O.CH4.H3NO/c1-27-18(29)22(26-19(27)25)17-11-15(28-10-9-21(23,24)13-28)4-3-14(17)12-20(22)7-5-16(30-2)6-8-20;1-26-18(28)22(25-19(26)29)17-11-15(27-10-9-21(23,24)13-27)4-3-14(17)12-20(22)7-5-16(30-2)6-8-20;1-26-18(28)22(25-19(26)30)17-11-15(27-10-9-21(23,24)13-27)4-3-14(17)12-20(22)7-5-16(29-2)6-8-20;1-21-15(22)18(20-16(21)23)14-9-12(19)4-3-11(14)10-17(18)7-5-13(24-2)6-8-17;5-4(6)1-2-7-3-4;1-4(2,3)6-5;1-2;;1-2/h3-4,11,16H,5-10,12-13H2,1-2H3,(H2,25,26);3-4,11,16H,5-10,12-13H2,1-2H3,(H,25,29);3-4,11,16H,5-10,12-13H2,1-2H3,(H,25,30);3-4,9,13H,5-8,10H2,1-2H3,(H,20,23);7H,1-3H2;5H,1-3H3;2H,1H3;1H4;2H,1H2. The summed E-state index contributed by atoms with van der Waals surface area (Å²) in [7, 11) is 14.4. The van der Waals surface area contributed by atoms with E-state index in [0.29, 0.717) is 36.9 Å². The van der Waals surface area contributed by atoms with Gasteiger partial charge in [-0.25, -0.2) is 60.5 Å². The summed E-state index contributed by atoms with van der Waals surface area (Å²) in [6, 6.07) is 22.8. The van der Waals surface area contributed by atoms with Crippen molar-refractivity contribution in [1.82, 2.24) is 40.9 Å². The number of nitrogens with zero attached hydrogens (tertiary/aromatic N) is 8. The van der Waals surface area contributed by atoms with E-state index in [4.69, 9.17) is 57.5 Å². The number of aliphatic hydroxyl groups is 1. The van der Waals surface area contributed by atoms with Gasteiger partial charge in [-0.15, -0.1) is 0 Å². The molecule has 8 aliphatic heterocycles. The average molecular weight is 1950 g/mol. The highest BCUT2D eigenvalue weighted by Gasteiger charge is 2.72. The van der Waals surface area contributed by atoms with E-state index in [1.807, 2.05) is 66.7 Å². The maximum absolute atomic E-state index is 13.8. The minimum Gasteiger partial charge on any atom is -0.400 e. The molecule has 20 rings (SSSR count). The lowest BCUT2D eigenvalue weighted by molar-refractivity contribution is -0.306. The van der Waals surface area contributed by atoms with E-state index in [1.165, 1.54) is 21.7 Å². The van der Waals surface area contributed by atoms with Crippen LogP contribution in [0, 0.1) is 21.7 Å². The fraction of sp³-hybridized carbons (Fsp3) is 0.660. The van der Waals surface area contributed by atoms with E-state index in [-0.39, 0.29) is 142 Å². The van der Waals surface area contributed by atoms with Gasteiger partial charge in [-0.2, -0.15) is 0 Å². The summed E-state index contributed by atoms with van der Waals surface area (Å²) in [6.45, 7) is 5.65. The Morgan fingerprint density at radius 1 is 0.447 bits per heavy atom. The van der Waals surface area contributed by atoms with Gasteiger partial charge in [0.05, 0.1) is 56.2 Å². The Kier molecular flexibility index (Phi) is 30.3. The number of aliphatic imine (C=N–C) groups is 1. The molecule has 0 radical (unpaired) electrons. The number of carbonyl (C=O) groups is 6. The van der Waals surface area contributed by atoms with Crippen molar-refractivity contribution in [3.63, 3.8) is 0 Å². The second-order valence-electron chi connectivity index (χ2n) is 39.1. The Morgan fingerprint density at radius 3 is 1.02 bits per heavy atom. The smallest absolute Gasteiger partial charge is 0.325 e. The van der Waals surface area contributed by atoms with Crippen molar-refractivity contribution in [3.8, 4) is 0 Å². The van der Waals surface area contributed by atoms with Gasteiger partial charge in [0, 0.05) is 159 Å². The Labute approximate surface area is 781 Å². The SMILES string of the molecule is C.CC(C)(C)OO.CO.COC1CCC2(CC1)Cc1ccc(Br)cc1C21NC(=O)N(C)C1=O.COC1CCC2(CC1)Cc1ccc(N3CCC(F)(F)C3)cc1C21N=C(N)N(C)C1=O.COC1CCC2(CC1)Cc1ccc(N3CCC(F)(F)C3)cc1C21NC(=O)N(C)C1=O.COC1CCC2(CC1)Cc1ccc(N3CCC(F)(F)C3)cc1C21NC(=S)N(C)C1=O.FC1(F)CCNC1.NO. The number of hydrogen-bond donors (Lipinski definition) is 9. The van der Waals surface area contributed by atoms with Crippen LogP contribution in [0.3, 0.4) is 0 Å². The van der Waals surface area contributed by atoms with E-state index < -0.39 is 62.9 Å². The summed E-state index contributed by atoms with van der Waals surface area (Å²) in [5, 5.41) is 33.9. The van der Waals surface area contributed by atoms with Crippen molar-refractivity contribution in [3.05, 3.63) is 122 Å². The van der Waals surface area contributed by atoms with Crippen LogP contribution in [0.5, 0.6) is 0 Å². The number of anilines is 3. The molecule has 0 bridgehead atoms. The van der Waals surface area contributed by atoms with Crippen LogP contribution in [-0.2, 0) is 90.9 Å². The number of benzene rings is 4. The van der Waals surface area contributed by atoms with Crippen molar-refractivity contribution in [1.29, 1.82) is 0 Å². The number of thiocarbonyl (C=S) groups is 1. The topological polar surface area (TPSA) is 344 Å². The molecule has 8 spiro atoms. The van der Waals surface area contributed by atoms with Crippen molar-refractivity contribution >= 4 is 92.0 Å². The molecule has 4 saturated carbocycles. The zero-order chi connectivity index (χ0) is 95.6. The van der Waals surface area contributed by atoms with Gasteiger partial charge in [-0.05, 0) is 254 Å². The molecule has 16 aliphatic rings. The molecular formula is C94H131BrF8N14O14S. The summed E-state index contributed by atoms with van der Waals surface area (Å²) >= 11 is 9.01. The maximum Gasteiger partial charge on any atom is 0.325 e. The number of amides is 8. The summed E-state index contributed by atoms with van der Waals surface area (Å²) in [5.41, 5.74) is 10.3. The molecule has 8 heterocycles. The lowest BCUT2D eigenvalue weighted by Gasteiger charge is -2.46. The monoisotopic (exact) mass is 1940 g/mol. The predicted octanol–water partition coefficient (Wildman–Crippen LogP) is 13.3. The van der Waals surface area contributed by atoms with Gasteiger partial charge in [0.15, 0.2) is 33.2 Å². The third-order valence-corrected chi connectivity index (χ3v) is 31.8. The predicted molar refractivity (Wildman–Crippen MR) is 489 cm³/mol. The molecule has 730 valence electrons. The van der Waals surface area contributed by atoms with E-state index in [1.54, 1.807) is 85.1 Å². The lowest BCUT2D eigenvalue weighted by Crippen LogP contribution is -2.56. The van der Waals surface area contributed by atoms with Gasteiger partial charge in [0.1, 0.15) is 0 Å². The highest BCUT2D eigenvalue weighted by atomic mass is 79.9. The Morgan fingerprint density at radius 2 is 0.758 bits per heavy atom. The molecule has 4 atom stereocenters. The number of fused-ring (bicyclic) bond motifs is 12. The van der Waals surface area contributed by atoms with Crippen molar-refractivity contribution in [2.75, 3.05) is 131 Å². The van der Waals surface area contributed by atoms with Gasteiger partial charge >= 0.3 is 12.1 Å². The number of imide groups is 2. The minimum atomic E-state index is -2.70. The fourth-order valence-corrected chi connectivity index (χ4v) is 24.5. The van der Waals surface area contributed by atoms with E-state index >= 15 is 0 Å². The number of hydrogen-bond acceptors (Lipinski definition) is 22. The van der Waals surface area contributed by atoms with Crippen LogP contribution in [0.4, 0.5) is 61.8 Å². The van der Waals surface area contributed by atoms with Crippen LogP contribution in [0.2, 0.25) is 0 Å². The van der Waals surface area contributed by atoms with Crippen LogP contribution >= 0.6 is 28.1 Å². The summed E-state index contributed by atoms with van der Waals surface area (Å²) < 4.78 is 130. The first kappa shape index (κ1) is 103. The molecule has 11 N–H and O–H groups in total. The number of likely N-dealkylation sites (N-methyl/N-ethyl adjacent to an activating group) is 4. The number of carbonyl (C=O) groups excluding carboxylic acids is 6. The fourth-order valence-electron chi connectivity index (χ4n) is 23.9. The van der Waals surface area contributed by atoms with Gasteiger partial charge in [-0.1, -0.05) is 47.6 Å². The molecule has 8 aliphatic carbocycles. The highest BCUT2D eigenvalue weighted by Crippen LogP contribution is 2.66. The van der Waals surface area contributed by atoms with E-state index in [0.717, 1.165) is 194 Å². The molecule has 8 amide bonds. The molecule has 4 aromatic rings. The number of aliphatic hydroxyl groups excluding tert-OH is 1. The van der Waals surface area contributed by atoms with Crippen molar-refractivity contribution < 1.29 is 103 Å². The number of nitrogens with one attached hydrogen (secondary N) is 4. The molecule has 7 saturated heterocycles. The van der Waals surface area contributed by atoms with Gasteiger partial charge in [0.25, 0.3) is 47.3 Å². The number of halogens is 9. The first-order valence-electron chi connectivity index (χ1n) is 45.1. The molecular weight excluding hydrogens is 1810 g/mol. The van der Waals surface area contributed by atoms with Crippen LogP contribution in [0.1, 0.15) is 201 Å². The first-order chi connectivity index (χ1) is 61.8. The van der Waals surface area contributed by atoms with E-state index in [9.17, 15) is 63.9 Å². The molecule has 0 aromatic heterocycles. The Hall–Kier alpha value is -8.02. The maximum atomic E-state index is 13.8. The third kappa shape index (κ3) is 18.2. The molecule has 4 unspecified atom stereocenters. The van der Waals surface area contributed by atoms with Crippen molar-refractivity contribution in [2.45, 2.75) is 258 Å². The second kappa shape index (κ2) is 38.9. The molecule has 4 aromatic carbocycles. The van der Waals surface area contributed by atoms with Crippen LogP contribution in [0.15, 0.2) is 82.3 Å². The van der Waals surface area contributed by atoms with Gasteiger partial charge in [-0.3, -0.25) is 44.0 Å². The number of methoxy groups -OCH3 is 4. The number of urea groups is 2. The normalized spacial score (nSPS) is 32.3. The number of alkyl halides is 8. The zero-order valence-electron chi connectivity index (χ0n) is 76.7. The number of nitrogens with two attached hydrogens (primary N) is 2. The number of rotatable bonds is 7. The lowest BCUT2D eigenvalue weighted by atomic mass is 9.61. The largest absolute Gasteiger partial charge is 0.400 e. The van der Waals surface area contributed by atoms with Crippen LogP contribution < -0.4 is 47.6 Å². The first-order valence-corrected chi connectivity index (χ1v) is 46.3. The Balaban J connectivity index is 0.000000150. The highest BCUT2D eigenvalue weighted by molar-refractivity contribution is 9.10. The number of ether oxygens (including phenoxy) is 4. The van der Waals surface area contributed by atoms with Gasteiger partial charge in [0.2, 0.25) is 0 Å². The molecule has 38 heteroatoms. The van der Waals surface area contributed by atoms with Gasteiger partial charge < -0.3 is 71.0 Å². The average Bonchev–Trinajstić information content (AvgIpc) is 1.54. The third-order valence-electron chi connectivity index (χ3n) is 31.0. The summed E-state index contributed by atoms with van der Waals surface area (Å²) in [5.74, 6) is -7.26. The minimum absolute atomic E-state index is 0. The Bertz CT molecular complexity index is 4810. The molecule has 28 nitrogen and oxygen atoms in total. The second-order valence-corrected chi connectivity index (χ2v) is 40.4. The zero-order valence-corrected chi connectivity index (χ0v) is 79.1. The summed E-state index contributed by atoms with van der Waals surface area (Å²) in [6.07, 6.45) is 17.0. The summed E-state index contributed by atoms with van der Waals surface area (Å²) in [4.78, 5) is 98.2. The quantitative estimate of drug-likeness (QED) is 0.0273. The van der Waals surface area contributed by atoms with E-state index in [2.05, 4.69) is 54.0 Å².